The first-order chi connectivity index (χ1) is 8.74. The molecule has 2 aromatic heterocycles. The van der Waals surface area contributed by atoms with E-state index in [2.05, 4.69) is 23.7 Å². The van der Waals surface area contributed by atoms with Gasteiger partial charge in [0.1, 0.15) is 14.1 Å². The second kappa shape index (κ2) is 5.66. The van der Waals surface area contributed by atoms with Crippen molar-refractivity contribution in [1.29, 1.82) is 0 Å². The Morgan fingerprint density at radius 1 is 0.667 bits per heavy atom. The standard InChI is InChI=1S/C16H14N2/c1-17-11-7-15(8-12-17)5-3-4-6-16-9-13-18(2)14-10-16/h7-14H,1-2H3/q+2. The highest BCUT2D eigenvalue weighted by Gasteiger charge is 1.91. The Kier molecular flexibility index (Phi) is 3.74. The average Bonchev–Trinajstić information content (AvgIpc) is 2.39. The maximum absolute atomic E-state index is 3.01. The predicted molar refractivity (Wildman–Crippen MR) is 69.0 cm³/mol. The van der Waals surface area contributed by atoms with E-state index in [1.165, 1.54) is 0 Å². The van der Waals surface area contributed by atoms with Crippen LogP contribution in [0.1, 0.15) is 11.1 Å². The van der Waals surface area contributed by atoms with Crippen molar-refractivity contribution in [2.24, 2.45) is 14.1 Å². The number of pyridine rings is 2. The van der Waals surface area contributed by atoms with Crippen molar-refractivity contribution in [2.45, 2.75) is 0 Å². The molecule has 0 bridgehead atoms. The van der Waals surface area contributed by atoms with Gasteiger partial charge in [0.05, 0.1) is 0 Å². The molecule has 2 rings (SSSR count). The molecule has 0 aliphatic heterocycles. The number of aryl methyl sites for hydroxylation is 2. The molecule has 0 atom stereocenters. The molecule has 0 N–H and O–H groups in total. The molecule has 18 heavy (non-hydrogen) atoms. The highest BCUT2D eigenvalue weighted by atomic mass is 14.9. The average molecular weight is 234 g/mol. The molecule has 0 aliphatic carbocycles. The third-order valence-electron chi connectivity index (χ3n) is 2.43. The minimum atomic E-state index is 0.974. The van der Waals surface area contributed by atoms with E-state index in [0.717, 1.165) is 11.1 Å². The maximum atomic E-state index is 3.01. The van der Waals surface area contributed by atoms with Gasteiger partial charge in [0, 0.05) is 35.4 Å². The number of rotatable bonds is 0. The summed E-state index contributed by atoms with van der Waals surface area (Å²) in [6.45, 7) is 0. The van der Waals surface area contributed by atoms with Crippen LogP contribution >= 0.6 is 0 Å². The summed E-state index contributed by atoms with van der Waals surface area (Å²) in [7, 11) is 3.96. The lowest BCUT2D eigenvalue weighted by molar-refractivity contribution is -0.671. The Morgan fingerprint density at radius 3 is 1.33 bits per heavy atom. The summed E-state index contributed by atoms with van der Waals surface area (Å²) in [4.78, 5) is 0. The zero-order chi connectivity index (χ0) is 12.8. The molecule has 2 heterocycles. The first kappa shape index (κ1) is 11.9. The van der Waals surface area contributed by atoms with Gasteiger partial charge in [-0.05, 0) is 11.8 Å². The van der Waals surface area contributed by atoms with Crippen molar-refractivity contribution < 1.29 is 9.13 Å². The summed E-state index contributed by atoms with van der Waals surface area (Å²) in [5.41, 5.74) is 1.95. The lowest BCUT2D eigenvalue weighted by Crippen LogP contribution is -2.25. The molecule has 0 radical (unpaired) electrons. The molecule has 2 nitrogen and oxygen atoms in total. The molecule has 86 valence electrons. The zero-order valence-electron chi connectivity index (χ0n) is 10.5. The van der Waals surface area contributed by atoms with Gasteiger partial charge in [0.2, 0.25) is 0 Å². The van der Waals surface area contributed by atoms with E-state index in [4.69, 9.17) is 0 Å². The van der Waals surface area contributed by atoms with Crippen LogP contribution in [0.3, 0.4) is 0 Å². The fourth-order valence-electron chi connectivity index (χ4n) is 1.38. The number of hydrogen-bond acceptors (Lipinski definition) is 0. The van der Waals surface area contributed by atoms with Gasteiger partial charge in [0.25, 0.3) is 0 Å². The number of nitrogens with zero attached hydrogens (tertiary/aromatic N) is 2. The second-order valence-corrected chi connectivity index (χ2v) is 4.00. The van der Waals surface area contributed by atoms with Crippen LogP contribution in [-0.4, -0.2) is 0 Å². The molecule has 0 fully saturated rings. The Labute approximate surface area is 108 Å². The highest BCUT2D eigenvalue weighted by molar-refractivity contribution is 5.42. The SMILES string of the molecule is C[n+]1ccc(C#CC#Cc2cc[n+](C)cc2)cc1. The number of aromatic nitrogens is 2. The molecule has 0 saturated heterocycles. The van der Waals surface area contributed by atoms with Crippen LogP contribution in [0, 0.1) is 23.7 Å². The topological polar surface area (TPSA) is 7.76 Å². The highest BCUT2D eigenvalue weighted by Crippen LogP contribution is 1.91. The third-order valence-corrected chi connectivity index (χ3v) is 2.43. The zero-order valence-corrected chi connectivity index (χ0v) is 10.5. The third kappa shape index (κ3) is 3.47. The second-order valence-electron chi connectivity index (χ2n) is 4.00. The Hall–Kier alpha value is -2.58. The Morgan fingerprint density at radius 2 is 1.00 bits per heavy atom. The van der Waals surface area contributed by atoms with E-state index in [9.17, 15) is 0 Å². The van der Waals surface area contributed by atoms with E-state index in [0.29, 0.717) is 0 Å². The van der Waals surface area contributed by atoms with Crippen LogP contribution in [0.4, 0.5) is 0 Å². The summed E-state index contributed by atoms with van der Waals surface area (Å²) in [6, 6.07) is 7.88. The number of hydrogen-bond donors (Lipinski definition) is 0. The van der Waals surface area contributed by atoms with Crippen LogP contribution in [0.25, 0.3) is 0 Å². The van der Waals surface area contributed by atoms with Gasteiger partial charge in [-0.3, -0.25) is 0 Å². The summed E-state index contributed by atoms with van der Waals surface area (Å²) in [6.07, 6.45) is 7.87. The van der Waals surface area contributed by atoms with Gasteiger partial charge in [-0.2, -0.15) is 0 Å². The molecule has 0 saturated carbocycles. The smallest absolute Gasteiger partial charge is 0.169 e. The van der Waals surface area contributed by atoms with Crippen molar-refractivity contribution >= 4 is 0 Å². The quantitative estimate of drug-likeness (QED) is 0.469. The molecule has 0 amide bonds. The van der Waals surface area contributed by atoms with Crippen LogP contribution in [0.5, 0.6) is 0 Å². The summed E-state index contributed by atoms with van der Waals surface area (Å²) in [5.74, 6) is 11.7. The van der Waals surface area contributed by atoms with Gasteiger partial charge in [-0.15, -0.1) is 0 Å². The van der Waals surface area contributed by atoms with Crippen molar-refractivity contribution in [3.8, 4) is 23.7 Å². The molecule has 0 aliphatic rings. The predicted octanol–water partition coefficient (Wildman–Crippen LogP) is 0.739. The van der Waals surface area contributed by atoms with E-state index >= 15 is 0 Å². The Balaban J connectivity index is 2.09. The molecule has 0 aromatic carbocycles. The normalized spacial score (nSPS) is 8.78. The van der Waals surface area contributed by atoms with Gasteiger partial charge >= 0.3 is 0 Å². The summed E-state index contributed by atoms with van der Waals surface area (Å²) < 4.78 is 3.95. The van der Waals surface area contributed by atoms with Crippen molar-refractivity contribution in [1.82, 2.24) is 0 Å². The lowest BCUT2D eigenvalue weighted by Gasteiger charge is -1.86. The van der Waals surface area contributed by atoms with Gasteiger partial charge in [-0.25, -0.2) is 9.13 Å². The fraction of sp³-hybridized carbons (Fsp3) is 0.125. The van der Waals surface area contributed by atoms with E-state index < -0.39 is 0 Å². The minimum Gasteiger partial charge on any atom is -0.208 e. The molecular formula is C16H14N2+2. The first-order valence-corrected chi connectivity index (χ1v) is 5.67. The first-order valence-electron chi connectivity index (χ1n) is 5.67. The van der Waals surface area contributed by atoms with Crippen LogP contribution in [0.2, 0.25) is 0 Å². The van der Waals surface area contributed by atoms with Gasteiger partial charge in [0.15, 0.2) is 24.8 Å². The van der Waals surface area contributed by atoms with Crippen LogP contribution in [-0.2, 0) is 14.1 Å². The van der Waals surface area contributed by atoms with E-state index in [1.807, 2.05) is 72.3 Å². The maximum Gasteiger partial charge on any atom is 0.169 e. The monoisotopic (exact) mass is 234 g/mol. The lowest BCUT2D eigenvalue weighted by atomic mass is 10.2. The van der Waals surface area contributed by atoms with E-state index in [-0.39, 0.29) is 0 Å². The van der Waals surface area contributed by atoms with Crippen LogP contribution < -0.4 is 9.13 Å². The molecule has 0 spiro atoms. The molecule has 2 aromatic rings. The van der Waals surface area contributed by atoms with Crippen molar-refractivity contribution in [3.05, 3.63) is 60.2 Å². The summed E-state index contributed by atoms with van der Waals surface area (Å²) >= 11 is 0. The molecule has 2 heteroatoms. The largest absolute Gasteiger partial charge is 0.208 e. The van der Waals surface area contributed by atoms with Crippen molar-refractivity contribution in [3.63, 3.8) is 0 Å². The molecule has 0 unspecified atom stereocenters. The van der Waals surface area contributed by atoms with Crippen molar-refractivity contribution in [2.75, 3.05) is 0 Å². The van der Waals surface area contributed by atoms with E-state index in [1.54, 1.807) is 0 Å². The van der Waals surface area contributed by atoms with Gasteiger partial charge < -0.3 is 0 Å². The van der Waals surface area contributed by atoms with Gasteiger partial charge in [-0.1, -0.05) is 11.8 Å². The van der Waals surface area contributed by atoms with Crippen LogP contribution in [0.15, 0.2) is 49.1 Å². The Bertz CT molecular complexity index is 583. The molecular weight excluding hydrogens is 220 g/mol. The minimum absolute atomic E-state index is 0.974. The fourth-order valence-corrected chi connectivity index (χ4v) is 1.38. The summed E-state index contributed by atoms with van der Waals surface area (Å²) in [5, 5.41) is 0.